The number of nitrogens with two attached hydrogens (primary N) is 1. The average molecular weight is 212 g/mol. The molecule has 0 aromatic rings. The van der Waals surface area contributed by atoms with E-state index < -0.39 is 0 Å². The van der Waals surface area contributed by atoms with Gasteiger partial charge in [-0.05, 0) is 51.6 Å². The highest BCUT2D eigenvalue weighted by Gasteiger charge is 2.27. The lowest BCUT2D eigenvalue weighted by atomic mass is 10.1. The van der Waals surface area contributed by atoms with Crippen LogP contribution in [0.4, 0.5) is 0 Å². The predicted molar refractivity (Wildman–Crippen MR) is 61.8 cm³/mol. The van der Waals surface area contributed by atoms with Gasteiger partial charge in [0.15, 0.2) is 0 Å². The van der Waals surface area contributed by atoms with E-state index in [2.05, 4.69) is 11.8 Å². The van der Waals surface area contributed by atoms with Gasteiger partial charge in [0.1, 0.15) is 0 Å². The molecule has 2 heterocycles. The Morgan fingerprint density at radius 3 is 2.87 bits per heavy atom. The van der Waals surface area contributed by atoms with Crippen molar-refractivity contribution in [2.24, 2.45) is 11.7 Å². The fraction of sp³-hybridized carbons (Fsp3) is 1.00. The van der Waals surface area contributed by atoms with Gasteiger partial charge < -0.3 is 15.4 Å². The molecule has 15 heavy (non-hydrogen) atoms. The summed E-state index contributed by atoms with van der Waals surface area (Å²) in [5.74, 6) is 0.842. The number of ether oxygens (including phenoxy) is 1. The van der Waals surface area contributed by atoms with Gasteiger partial charge in [-0.25, -0.2) is 0 Å². The lowest BCUT2D eigenvalue weighted by Crippen LogP contribution is -2.31. The highest BCUT2D eigenvalue weighted by molar-refractivity contribution is 4.80. The molecule has 0 radical (unpaired) electrons. The SMILES string of the molecule is CC1CCC(CN2CCC(CCN)C2)O1. The first-order valence-corrected chi connectivity index (χ1v) is 6.36. The summed E-state index contributed by atoms with van der Waals surface area (Å²) < 4.78 is 5.85. The number of likely N-dealkylation sites (tertiary alicyclic amines) is 1. The molecule has 2 N–H and O–H groups in total. The van der Waals surface area contributed by atoms with Crippen LogP contribution in [0.5, 0.6) is 0 Å². The molecular formula is C12H24N2O. The minimum absolute atomic E-state index is 0.484. The van der Waals surface area contributed by atoms with E-state index >= 15 is 0 Å². The van der Waals surface area contributed by atoms with Crippen molar-refractivity contribution in [2.45, 2.75) is 44.8 Å². The maximum Gasteiger partial charge on any atom is 0.0706 e. The fourth-order valence-electron chi connectivity index (χ4n) is 2.86. The van der Waals surface area contributed by atoms with Crippen molar-refractivity contribution in [3.63, 3.8) is 0 Å². The summed E-state index contributed by atoms with van der Waals surface area (Å²) in [5, 5.41) is 0. The van der Waals surface area contributed by atoms with E-state index in [1.807, 2.05) is 0 Å². The van der Waals surface area contributed by atoms with E-state index in [0.717, 1.165) is 19.0 Å². The molecule has 3 nitrogen and oxygen atoms in total. The summed E-state index contributed by atoms with van der Waals surface area (Å²) in [6.07, 6.45) is 6.00. The van der Waals surface area contributed by atoms with Gasteiger partial charge in [0, 0.05) is 13.1 Å². The molecule has 0 aromatic carbocycles. The van der Waals surface area contributed by atoms with Crippen LogP contribution in [-0.2, 0) is 4.74 Å². The van der Waals surface area contributed by atoms with E-state index in [1.165, 1.54) is 38.8 Å². The Morgan fingerprint density at radius 1 is 1.33 bits per heavy atom. The van der Waals surface area contributed by atoms with Crippen molar-refractivity contribution in [3.05, 3.63) is 0 Å². The van der Waals surface area contributed by atoms with Gasteiger partial charge in [0.2, 0.25) is 0 Å². The smallest absolute Gasteiger partial charge is 0.0706 e. The van der Waals surface area contributed by atoms with Crippen LogP contribution in [0.25, 0.3) is 0 Å². The van der Waals surface area contributed by atoms with Gasteiger partial charge in [-0.15, -0.1) is 0 Å². The van der Waals surface area contributed by atoms with Gasteiger partial charge >= 0.3 is 0 Å². The summed E-state index contributed by atoms with van der Waals surface area (Å²) >= 11 is 0. The van der Waals surface area contributed by atoms with Crippen LogP contribution < -0.4 is 5.73 Å². The normalized spacial score (nSPS) is 37.6. The Labute approximate surface area is 93.0 Å². The second-order valence-corrected chi connectivity index (χ2v) is 5.14. The average Bonchev–Trinajstić information content (AvgIpc) is 2.78. The Hall–Kier alpha value is -0.120. The van der Waals surface area contributed by atoms with Gasteiger partial charge in [-0.1, -0.05) is 0 Å². The van der Waals surface area contributed by atoms with Crippen molar-refractivity contribution >= 4 is 0 Å². The highest BCUT2D eigenvalue weighted by atomic mass is 16.5. The fourth-order valence-corrected chi connectivity index (χ4v) is 2.86. The molecule has 2 aliphatic heterocycles. The van der Waals surface area contributed by atoms with Crippen LogP contribution in [0.3, 0.4) is 0 Å². The topological polar surface area (TPSA) is 38.5 Å². The van der Waals surface area contributed by atoms with Crippen molar-refractivity contribution < 1.29 is 4.74 Å². The quantitative estimate of drug-likeness (QED) is 0.761. The number of hydrogen-bond donors (Lipinski definition) is 1. The second-order valence-electron chi connectivity index (χ2n) is 5.14. The monoisotopic (exact) mass is 212 g/mol. The Kier molecular flexibility index (Phi) is 4.00. The molecule has 2 saturated heterocycles. The zero-order chi connectivity index (χ0) is 10.7. The molecular weight excluding hydrogens is 188 g/mol. The van der Waals surface area contributed by atoms with E-state index in [1.54, 1.807) is 0 Å². The maximum atomic E-state index is 5.85. The molecule has 3 atom stereocenters. The van der Waals surface area contributed by atoms with Crippen molar-refractivity contribution in [3.8, 4) is 0 Å². The van der Waals surface area contributed by atoms with Crippen LogP contribution in [0.15, 0.2) is 0 Å². The minimum Gasteiger partial charge on any atom is -0.374 e. The summed E-state index contributed by atoms with van der Waals surface area (Å²) in [5.41, 5.74) is 5.59. The summed E-state index contributed by atoms with van der Waals surface area (Å²) in [6, 6.07) is 0. The predicted octanol–water partition coefficient (Wildman–Crippen LogP) is 1.22. The third kappa shape index (κ3) is 3.16. The van der Waals surface area contributed by atoms with Crippen LogP contribution in [0.2, 0.25) is 0 Å². The van der Waals surface area contributed by atoms with Gasteiger partial charge in [-0.2, -0.15) is 0 Å². The molecule has 3 heteroatoms. The summed E-state index contributed by atoms with van der Waals surface area (Å²) in [6.45, 7) is 6.66. The van der Waals surface area contributed by atoms with Crippen LogP contribution in [-0.4, -0.2) is 43.3 Å². The van der Waals surface area contributed by atoms with Gasteiger partial charge in [-0.3, -0.25) is 0 Å². The third-order valence-electron chi connectivity index (χ3n) is 3.73. The van der Waals surface area contributed by atoms with Crippen LogP contribution >= 0.6 is 0 Å². The standard InChI is InChI=1S/C12H24N2O/c1-10-2-3-12(15-10)9-14-7-5-11(8-14)4-6-13/h10-12H,2-9,13H2,1H3. The van der Waals surface area contributed by atoms with E-state index in [-0.39, 0.29) is 0 Å². The number of rotatable bonds is 4. The number of hydrogen-bond acceptors (Lipinski definition) is 3. The molecule has 2 rings (SSSR count). The van der Waals surface area contributed by atoms with Crippen molar-refractivity contribution in [1.82, 2.24) is 4.90 Å². The first-order valence-electron chi connectivity index (χ1n) is 6.36. The molecule has 0 amide bonds. The van der Waals surface area contributed by atoms with E-state index in [9.17, 15) is 0 Å². The van der Waals surface area contributed by atoms with Gasteiger partial charge in [0.05, 0.1) is 12.2 Å². The minimum atomic E-state index is 0.484. The van der Waals surface area contributed by atoms with Crippen LogP contribution in [0.1, 0.15) is 32.6 Å². The summed E-state index contributed by atoms with van der Waals surface area (Å²) in [7, 11) is 0. The largest absolute Gasteiger partial charge is 0.374 e. The molecule has 3 unspecified atom stereocenters. The molecule has 2 fully saturated rings. The molecule has 0 saturated carbocycles. The van der Waals surface area contributed by atoms with E-state index in [4.69, 9.17) is 10.5 Å². The summed E-state index contributed by atoms with van der Waals surface area (Å²) in [4.78, 5) is 2.56. The molecule has 0 aliphatic carbocycles. The first-order chi connectivity index (χ1) is 7.28. The van der Waals surface area contributed by atoms with Crippen molar-refractivity contribution in [2.75, 3.05) is 26.2 Å². The first kappa shape index (κ1) is 11.4. The third-order valence-corrected chi connectivity index (χ3v) is 3.73. The maximum absolute atomic E-state index is 5.85. The molecule has 0 spiro atoms. The molecule has 2 aliphatic rings. The van der Waals surface area contributed by atoms with Crippen molar-refractivity contribution in [1.29, 1.82) is 0 Å². The molecule has 0 bridgehead atoms. The van der Waals surface area contributed by atoms with E-state index in [0.29, 0.717) is 12.2 Å². The highest BCUT2D eigenvalue weighted by Crippen LogP contribution is 2.24. The molecule has 88 valence electrons. The molecule has 0 aromatic heterocycles. The second kappa shape index (κ2) is 5.28. The number of nitrogens with zero attached hydrogens (tertiary/aromatic N) is 1. The zero-order valence-corrected chi connectivity index (χ0v) is 9.82. The lowest BCUT2D eigenvalue weighted by molar-refractivity contribution is 0.0354. The van der Waals surface area contributed by atoms with Gasteiger partial charge in [0.25, 0.3) is 0 Å². The Bertz CT molecular complexity index is 198. The Balaban J connectivity index is 1.68. The zero-order valence-electron chi connectivity index (χ0n) is 9.82. The van der Waals surface area contributed by atoms with Crippen LogP contribution in [0, 0.1) is 5.92 Å². The lowest BCUT2D eigenvalue weighted by Gasteiger charge is -2.20. The Morgan fingerprint density at radius 2 is 2.20 bits per heavy atom.